The van der Waals surface area contributed by atoms with Crippen LogP contribution in [0.15, 0.2) is 30.0 Å². The molecule has 0 aliphatic carbocycles. The molecule has 0 radical (unpaired) electrons. The molecular formula is C19H24ClNO2. The number of carbonyl (C=O) groups excluding carboxylic acids is 1. The first-order chi connectivity index (χ1) is 10.8. The number of fused-ring (bicyclic) bond motifs is 2. The van der Waals surface area contributed by atoms with Gasteiger partial charge in [-0.05, 0) is 57.4 Å². The van der Waals surface area contributed by atoms with Crippen LogP contribution >= 0.6 is 11.6 Å². The molecule has 2 bridgehead atoms. The Morgan fingerprint density at radius 2 is 2.00 bits per heavy atom. The minimum atomic E-state index is -0.459. The molecule has 4 heteroatoms. The molecule has 0 N–H and O–H groups in total. The van der Waals surface area contributed by atoms with Crippen LogP contribution in [0.1, 0.15) is 45.6 Å². The van der Waals surface area contributed by atoms with E-state index in [0.29, 0.717) is 0 Å². The third-order valence-corrected chi connectivity index (χ3v) is 4.83. The van der Waals surface area contributed by atoms with Crippen molar-refractivity contribution in [3.05, 3.63) is 40.5 Å². The monoisotopic (exact) mass is 333 g/mol. The number of halogens is 1. The first-order valence-electron chi connectivity index (χ1n) is 8.22. The Hall–Kier alpha value is -1.48. The van der Waals surface area contributed by atoms with Crippen molar-refractivity contribution >= 4 is 23.6 Å². The summed E-state index contributed by atoms with van der Waals surface area (Å²) in [6, 6.07) is 7.85. The van der Waals surface area contributed by atoms with E-state index in [0.717, 1.165) is 42.9 Å². The lowest BCUT2D eigenvalue weighted by Gasteiger charge is -2.35. The van der Waals surface area contributed by atoms with Crippen LogP contribution in [0, 0.1) is 5.41 Å². The number of ether oxygens (including phenoxy) is 1. The minimum absolute atomic E-state index is 0.105. The van der Waals surface area contributed by atoms with E-state index in [1.165, 1.54) is 5.70 Å². The maximum atomic E-state index is 12.3. The van der Waals surface area contributed by atoms with Gasteiger partial charge in [0.15, 0.2) is 0 Å². The fraction of sp³-hybridized carbons (Fsp3) is 0.526. The van der Waals surface area contributed by atoms with Gasteiger partial charge in [0.25, 0.3) is 0 Å². The first kappa shape index (κ1) is 16.4. The number of hydrogen-bond acceptors (Lipinski definition) is 3. The van der Waals surface area contributed by atoms with Crippen molar-refractivity contribution in [2.45, 2.75) is 45.6 Å². The van der Waals surface area contributed by atoms with Gasteiger partial charge in [-0.2, -0.15) is 0 Å². The van der Waals surface area contributed by atoms with Gasteiger partial charge >= 0.3 is 5.97 Å². The van der Waals surface area contributed by atoms with Crippen molar-refractivity contribution in [1.82, 2.24) is 4.90 Å². The van der Waals surface area contributed by atoms with E-state index in [4.69, 9.17) is 16.3 Å². The van der Waals surface area contributed by atoms with Gasteiger partial charge in [0, 0.05) is 23.7 Å². The Morgan fingerprint density at radius 1 is 1.30 bits per heavy atom. The van der Waals surface area contributed by atoms with E-state index in [2.05, 4.69) is 11.0 Å². The van der Waals surface area contributed by atoms with E-state index in [9.17, 15) is 4.79 Å². The highest BCUT2D eigenvalue weighted by molar-refractivity contribution is 6.30. The van der Waals surface area contributed by atoms with Crippen molar-refractivity contribution in [2.75, 3.05) is 13.1 Å². The molecule has 1 atom stereocenters. The molecule has 2 fully saturated rings. The Kier molecular flexibility index (Phi) is 4.18. The summed E-state index contributed by atoms with van der Waals surface area (Å²) in [6.45, 7) is 7.58. The predicted octanol–water partition coefficient (Wildman–Crippen LogP) is 4.51. The van der Waals surface area contributed by atoms with Crippen LogP contribution in [0.25, 0.3) is 6.08 Å². The second-order valence-electron chi connectivity index (χ2n) is 7.71. The fourth-order valence-corrected chi connectivity index (χ4v) is 3.42. The summed E-state index contributed by atoms with van der Waals surface area (Å²) in [4.78, 5) is 14.7. The Balaban J connectivity index is 1.81. The average molecular weight is 334 g/mol. The van der Waals surface area contributed by atoms with Gasteiger partial charge < -0.3 is 9.64 Å². The highest BCUT2D eigenvalue weighted by atomic mass is 35.5. The molecule has 3 rings (SSSR count). The van der Waals surface area contributed by atoms with E-state index in [1.54, 1.807) is 0 Å². The molecule has 0 aromatic heterocycles. The maximum absolute atomic E-state index is 12.3. The molecule has 1 unspecified atom stereocenters. The van der Waals surface area contributed by atoms with Gasteiger partial charge in [-0.15, -0.1) is 0 Å². The van der Waals surface area contributed by atoms with Crippen molar-refractivity contribution in [3.8, 4) is 0 Å². The van der Waals surface area contributed by atoms with Gasteiger partial charge in [0.2, 0.25) is 0 Å². The zero-order valence-electron chi connectivity index (χ0n) is 14.1. The molecule has 2 aliphatic heterocycles. The normalized spacial score (nSPS) is 25.7. The van der Waals surface area contributed by atoms with Gasteiger partial charge in [-0.1, -0.05) is 23.7 Å². The number of nitrogens with zero attached hydrogens (tertiary/aromatic N) is 1. The first-order valence-corrected chi connectivity index (χ1v) is 8.60. The molecule has 23 heavy (non-hydrogen) atoms. The quantitative estimate of drug-likeness (QED) is 0.746. The molecule has 0 saturated carbocycles. The van der Waals surface area contributed by atoms with Gasteiger partial charge in [-0.3, -0.25) is 4.79 Å². The zero-order valence-corrected chi connectivity index (χ0v) is 14.8. The van der Waals surface area contributed by atoms with Crippen LogP contribution in [0.5, 0.6) is 0 Å². The highest BCUT2D eigenvalue weighted by Crippen LogP contribution is 2.42. The molecule has 1 aromatic rings. The minimum Gasteiger partial charge on any atom is -0.456 e. The SMILES string of the molecule is CC(C)(C)C(=O)OC12CCCN(C1)/C(=C/c1ccc(Cl)cc1)C2. The number of benzene rings is 1. The lowest BCUT2D eigenvalue weighted by molar-refractivity contribution is -0.170. The summed E-state index contributed by atoms with van der Waals surface area (Å²) in [6.07, 6.45) is 5.00. The lowest BCUT2D eigenvalue weighted by Crippen LogP contribution is -2.44. The molecule has 0 amide bonds. The van der Waals surface area contributed by atoms with Crippen LogP contribution in [0.3, 0.4) is 0 Å². The Labute approximate surface area is 143 Å². The van der Waals surface area contributed by atoms with E-state index >= 15 is 0 Å². The third kappa shape index (κ3) is 3.55. The van der Waals surface area contributed by atoms with Crippen LogP contribution in [0.4, 0.5) is 0 Å². The van der Waals surface area contributed by atoms with Crippen LogP contribution in [-0.4, -0.2) is 29.6 Å². The molecule has 3 nitrogen and oxygen atoms in total. The van der Waals surface area contributed by atoms with Crippen LogP contribution < -0.4 is 0 Å². The summed E-state index contributed by atoms with van der Waals surface area (Å²) >= 11 is 5.95. The lowest BCUT2D eigenvalue weighted by atomic mass is 9.92. The van der Waals surface area contributed by atoms with Crippen molar-refractivity contribution in [2.24, 2.45) is 5.41 Å². The largest absolute Gasteiger partial charge is 0.456 e. The molecular weight excluding hydrogens is 310 g/mol. The number of rotatable bonds is 2. The van der Waals surface area contributed by atoms with Crippen molar-refractivity contribution in [3.63, 3.8) is 0 Å². The molecule has 124 valence electrons. The maximum Gasteiger partial charge on any atom is 0.311 e. The molecule has 1 aromatic carbocycles. The van der Waals surface area contributed by atoms with Gasteiger partial charge in [0.1, 0.15) is 5.60 Å². The Morgan fingerprint density at radius 3 is 2.65 bits per heavy atom. The number of hydrogen-bond donors (Lipinski definition) is 0. The van der Waals surface area contributed by atoms with E-state index in [1.807, 2.05) is 45.0 Å². The number of esters is 1. The van der Waals surface area contributed by atoms with Crippen molar-refractivity contribution < 1.29 is 9.53 Å². The van der Waals surface area contributed by atoms with Gasteiger partial charge in [0.05, 0.1) is 12.0 Å². The standard InChI is InChI=1S/C19H24ClNO2/c1-18(2,3)17(22)23-19-9-4-10-21(13-19)16(12-19)11-14-5-7-15(20)8-6-14/h5-8,11H,4,9-10,12-13H2,1-3H3/b16-11+. The topological polar surface area (TPSA) is 29.5 Å². The molecule has 2 aliphatic rings. The highest BCUT2D eigenvalue weighted by Gasteiger charge is 2.47. The Bertz CT molecular complexity index is 630. The molecule has 0 spiro atoms. The molecule has 2 heterocycles. The molecule has 2 saturated heterocycles. The number of piperidine rings is 1. The van der Waals surface area contributed by atoms with Gasteiger partial charge in [-0.25, -0.2) is 0 Å². The van der Waals surface area contributed by atoms with Crippen LogP contribution in [0.2, 0.25) is 5.02 Å². The van der Waals surface area contributed by atoms with Crippen molar-refractivity contribution in [1.29, 1.82) is 0 Å². The van der Waals surface area contributed by atoms with Crippen LogP contribution in [-0.2, 0) is 9.53 Å². The summed E-state index contributed by atoms with van der Waals surface area (Å²) in [5.74, 6) is -0.105. The second-order valence-corrected chi connectivity index (χ2v) is 8.15. The summed E-state index contributed by atoms with van der Waals surface area (Å²) in [5, 5.41) is 0.744. The predicted molar refractivity (Wildman–Crippen MR) is 93.1 cm³/mol. The summed E-state index contributed by atoms with van der Waals surface area (Å²) < 4.78 is 5.98. The second kappa shape index (κ2) is 5.86. The average Bonchev–Trinajstić information content (AvgIpc) is 2.70. The number of carbonyl (C=O) groups is 1. The summed E-state index contributed by atoms with van der Waals surface area (Å²) in [5.41, 5.74) is 1.58. The third-order valence-electron chi connectivity index (χ3n) is 4.57. The smallest absolute Gasteiger partial charge is 0.311 e. The van der Waals surface area contributed by atoms with E-state index < -0.39 is 5.41 Å². The van der Waals surface area contributed by atoms with E-state index in [-0.39, 0.29) is 11.6 Å². The summed E-state index contributed by atoms with van der Waals surface area (Å²) in [7, 11) is 0. The zero-order chi connectivity index (χ0) is 16.7. The fourth-order valence-electron chi connectivity index (χ4n) is 3.29.